The second kappa shape index (κ2) is 4.27. The van der Waals surface area contributed by atoms with Gasteiger partial charge in [-0.15, -0.1) is 0 Å². The summed E-state index contributed by atoms with van der Waals surface area (Å²) in [5.74, 6) is 0.476. The fraction of sp³-hybridized carbons (Fsp3) is 0.571. The van der Waals surface area contributed by atoms with Crippen LogP contribution in [0.5, 0.6) is 0 Å². The highest BCUT2D eigenvalue weighted by Gasteiger charge is 2.37. The summed E-state index contributed by atoms with van der Waals surface area (Å²) >= 11 is 6.30. The van der Waals surface area contributed by atoms with Crippen LogP contribution >= 0.6 is 11.6 Å². The highest BCUT2D eigenvalue weighted by Crippen LogP contribution is 2.40. The summed E-state index contributed by atoms with van der Waals surface area (Å²) in [4.78, 5) is 2.42. The minimum absolute atomic E-state index is 0.138. The lowest BCUT2D eigenvalue weighted by molar-refractivity contribution is 0.154. The van der Waals surface area contributed by atoms with Crippen molar-refractivity contribution in [1.82, 2.24) is 4.90 Å². The van der Waals surface area contributed by atoms with E-state index in [0.717, 1.165) is 31.0 Å². The fourth-order valence-electron chi connectivity index (χ4n) is 3.38. The molecule has 1 saturated heterocycles. The van der Waals surface area contributed by atoms with Crippen LogP contribution in [0.4, 0.5) is 0 Å². The molecule has 3 rings (SSSR count). The number of hydrogen-bond acceptors (Lipinski definition) is 2. The van der Waals surface area contributed by atoms with Gasteiger partial charge in [0.1, 0.15) is 0 Å². The first-order valence-electron chi connectivity index (χ1n) is 6.36. The molecular weight excluding hydrogens is 234 g/mol. The maximum Gasteiger partial charge on any atom is 0.0679 e. The highest BCUT2D eigenvalue weighted by molar-refractivity contribution is 6.31. The first-order chi connectivity index (χ1) is 8.16. The molecule has 1 aliphatic carbocycles. The summed E-state index contributed by atoms with van der Waals surface area (Å²) < 4.78 is 0. The van der Waals surface area contributed by atoms with Crippen LogP contribution < -0.4 is 0 Å². The van der Waals surface area contributed by atoms with Gasteiger partial charge in [-0.3, -0.25) is 4.90 Å². The second-order valence-electron chi connectivity index (χ2n) is 5.31. The Morgan fingerprint density at radius 1 is 1.41 bits per heavy atom. The van der Waals surface area contributed by atoms with E-state index in [-0.39, 0.29) is 6.10 Å². The predicted octanol–water partition coefficient (Wildman–Crippen LogP) is 2.43. The van der Waals surface area contributed by atoms with Crippen molar-refractivity contribution in [2.24, 2.45) is 0 Å². The van der Waals surface area contributed by atoms with E-state index in [4.69, 9.17) is 11.6 Å². The van der Waals surface area contributed by atoms with Gasteiger partial charge < -0.3 is 5.11 Å². The van der Waals surface area contributed by atoms with E-state index in [2.05, 4.69) is 17.9 Å². The SMILES string of the molecule is C[C@@H]1c2c(Cl)cccc2C[C@H]1N1CC[C@@H](O)C1. The van der Waals surface area contributed by atoms with E-state index in [1.54, 1.807) is 0 Å². The zero-order valence-corrected chi connectivity index (χ0v) is 10.8. The molecule has 2 aliphatic rings. The van der Waals surface area contributed by atoms with Crippen LogP contribution in [0, 0.1) is 0 Å². The molecule has 0 aromatic heterocycles. The Labute approximate surface area is 107 Å². The molecule has 0 amide bonds. The van der Waals surface area contributed by atoms with Gasteiger partial charge in [-0.25, -0.2) is 0 Å². The van der Waals surface area contributed by atoms with Gasteiger partial charge in [-0.2, -0.15) is 0 Å². The lowest BCUT2D eigenvalue weighted by Crippen LogP contribution is -2.36. The van der Waals surface area contributed by atoms with Crippen LogP contribution in [0.2, 0.25) is 5.02 Å². The predicted molar refractivity (Wildman–Crippen MR) is 69.6 cm³/mol. The van der Waals surface area contributed by atoms with Gasteiger partial charge in [0.2, 0.25) is 0 Å². The molecule has 92 valence electrons. The Kier molecular flexibility index (Phi) is 2.89. The van der Waals surface area contributed by atoms with Gasteiger partial charge in [0.25, 0.3) is 0 Å². The maximum atomic E-state index is 9.65. The van der Waals surface area contributed by atoms with Crippen LogP contribution in [0.25, 0.3) is 0 Å². The second-order valence-corrected chi connectivity index (χ2v) is 5.72. The minimum atomic E-state index is -0.138. The number of aliphatic hydroxyl groups excluding tert-OH is 1. The Bertz CT molecular complexity index is 434. The van der Waals surface area contributed by atoms with Crippen molar-refractivity contribution in [2.75, 3.05) is 13.1 Å². The number of nitrogens with zero attached hydrogens (tertiary/aromatic N) is 1. The number of hydrogen-bond donors (Lipinski definition) is 1. The average molecular weight is 252 g/mol. The maximum absolute atomic E-state index is 9.65. The molecule has 0 radical (unpaired) electrons. The van der Waals surface area contributed by atoms with Gasteiger partial charge in [-0.05, 0) is 36.0 Å². The van der Waals surface area contributed by atoms with Gasteiger partial charge in [0, 0.05) is 24.2 Å². The van der Waals surface area contributed by atoms with Crippen LogP contribution in [-0.4, -0.2) is 35.2 Å². The molecular formula is C14H18ClNO. The molecule has 17 heavy (non-hydrogen) atoms. The molecule has 1 aromatic carbocycles. The summed E-state index contributed by atoms with van der Waals surface area (Å²) in [6.45, 7) is 4.09. The fourth-order valence-corrected chi connectivity index (χ4v) is 3.74. The third-order valence-electron chi connectivity index (χ3n) is 4.27. The number of rotatable bonds is 1. The molecule has 1 heterocycles. The monoisotopic (exact) mass is 251 g/mol. The van der Waals surface area contributed by atoms with E-state index >= 15 is 0 Å². The molecule has 3 heteroatoms. The first-order valence-corrected chi connectivity index (χ1v) is 6.74. The van der Waals surface area contributed by atoms with E-state index in [1.165, 1.54) is 11.1 Å². The Morgan fingerprint density at radius 3 is 2.88 bits per heavy atom. The van der Waals surface area contributed by atoms with Crippen LogP contribution in [-0.2, 0) is 6.42 Å². The largest absolute Gasteiger partial charge is 0.392 e. The molecule has 1 aliphatic heterocycles. The molecule has 1 fully saturated rings. The summed E-state index contributed by atoms with van der Waals surface area (Å²) in [5, 5.41) is 10.6. The van der Waals surface area contributed by atoms with Crippen molar-refractivity contribution in [1.29, 1.82) is 0 Å². The summed E-state index contributed by atoms with van der Waals surface area (Å²) in [6, 6.07) is 6.72. The number of aliphatic hydroxyl groups is 1. The van der Waals surface area contributed by atoms with E-state index in [9.17, 15) is 5.11 Å². The van der Waals surface area contributed by atoms with E-state index in [0.29, 0.717) is 12.0 Å². The molecule has 1 aromatic rings. The molecule has 0 bridgehead atoms. The molecule has 0 saturated carbocycles. The van der Waals surface area contributed by atoms with Crippen molar-refractivity contribution in [3.63, 3.8) is 0 Å². The average Bonchev–Trinajstić information content (AvgIpc) is 2.84. The smallest absolute Gasteiger partial charge is 0.0679 e. The first kappa shape index (κ1) is 11.5. The Balaban J connectivity index is 1.86. The lowest BCUT2D eigenvalue weighted by atomic mass is 10.00. The number of likely N-dealkylation sites (tertiary alicyclic amines) is 1. The topological polar surface area (TPSA) is 23.5 Å². The van der Waals surface area contributed by atoms with Crippen molar-refractivity contribution in [3.8, 4) is 0 Å². The Morgan fingerprint density at radius 2 is 2.24 bits per heavy atom. The van der Waals surface area contributed by atoms with Gasteiger partial charge in [0.15, 0.2) is 0 Å². The third-order valence-corrected chi connectivity index (χ3v) is 4.60. The third kappa shape index (κ3) is 1.88. The van der Waals surface area contributed by atoms with Crippen molar-refractivity contribution in [3.05, 3.63) is 34.3 Å². The zero-order valence-electron chi connectivity index (χ0n) is 10.1. The number of β-amino-alcohol motifs (C(OH)–C–C–N with tert-alkyl or cyclic N) is 1. The number of halogens is 1. The molecule has 2 nitrogen and oxygen atoms in total. The summed E-state index contributed by atoms with van der Waals surface area (Å²) in [6.07, 6.45) is 1.85. The van der Waals surface area contributed by atoms with Gasteiger partial charge in [-0.1, -0.05) is 30.7 Å². The van der Waals surface area contributed by atoms with Crippen LogP contribution in [0.3, 0.4) is 0 Å². The summed E-state index contributed by atoms with van der Waals surface area (Å²) in [7, 11) is 0. The van der Waals surface area contributed by atoms with Crippen molar-refractivity contribution < 1.29 is 5.11 Å². The normalized spacial score (nSPS) is 33.0. The van der Waals surface area contributed by atoms with Crippen LogP contribution in [0.1, 0.15) is 30.4 Å². The Hall–Kier alpha value is -0.570. The minimum Gasteiger partial charge on any atom is -0.392 e. The van der Waals surface area contributed by atoms with Crippen molar-refractivity contribution in [2.45, 2.75) is 37.8 Å². The number of benzene rings is 1. The van der Waals surface area contributed by atoms with Crippen molar-refractivity contribution >= 4 is 11.6 Å². The number of fused-ring (bicyclic) bond motifs is 1. The molecule has 0 unspecified atom stereocenters. The molecule has 1 N–H and O–H groups in total. The standard InChI is InChI=1S/C14H18ClNO/c1-9-13(16-6-5-11(17)8-16)7-10-3-2-4-12(15)14(9)10/h2-4,9,11,13,17H,5-8H2,1H3/t9-,11+,13+/m0/s1. The summed E-state index contributed by atoms with van der Waals surface area (Å²) in [5.41, 5.74) is 2.71. The van der Waals surface area contributed by atoms with E-state index in [1.807, 2.05) is 12.1 Å². The van der Waals surface area contributed by atoms with E-state index < -0.39 is 0 Å². The lowest BCUT2D eigenvalue weighted by Gasteiger charge is -2.27. The van der Waals surface area contributed by atoms with Crippen LogP contribution in [0.15, 0.2) is 18.2 Å². The highest BCUT2D eigenvalue weighted by atomic mass is 35.5. The van der Waals surface area contributed by atoms with Gasteiger partial charge in [0.05, 0.1) is 6.10 Å². The molecule has 0 spiro atoms. The quantitative estimate of drug-likeness (QED) is 0.829. The van der Waals surface area contributed by atoms with Gasteiger partial charge >= 0.3 is 0 Å². The molecule has 3 atom stereocenters. The zero-order chi connectivity index (χ0) is 12.0.